The summed E-state index contributed by atoms with van der Waals surface area (Å²) in [5, 5.41) is 4.04. The summed E-state index contributed by atoms with van der Waals surface area (Å²) in [6.07, 6.45) is 3.36. The average molecular weight is 226 g/mol. The van der Waals surface area contributed by atoms with Crippen molar-refractivity contribution in [3.8, 4) is 5.75 Å². The Hall–Kier alpha value is -0.730. The summed E-state index contributed by atoms with van der Waals surface area (Å²) < 4.78 is 5.23. The first kappa shape index (κ1) is 10.8. The predicted molar refractivity (Wildman–Crippen MR) is 62.9 cm³/mol. The molecule has 1 unspecified atom stereocenters. The largest absolute Gasteiger partial charge is 0.495 e. The van der Waals surface area contributed by atoms with Crippen LogP contribution < -0.4 is 10.1 Å². The van der Waals surface area contributed by atoms with Crippen molar-refractivity contribution in [3.63, 3.8) is 0 Å². The van der Waals surface area contributed by atoms with Gasteiger partial charge in [-0.2, -0.15) is 0 Å². The van der Waals surface area contributed by atoms with Gasteiger partial charge in [0.1, 0.15) is 5.75 Å². The Bertz CT molecular complexity index is 365. The van der Waals surface area contributed by atoms with E-state index in [-0.39, 0.29) is 0 Å². The highest BCUT2D eigenvalue weighted by Gasteiger charge is 2.18. The molecule has 0 heterocycles. The molecule has 0 saturated carbocycles. The molecule has 0 aliphatic heterocycles. The Morgan fingerprint density at radius 2 is 2.20 bits per heavy atom. The topological polar surface area (TPSA) is 21.3 Å². The summed E-state index contributed by atoms with van der Waals surface area (Å²) in [4.78, 5) is 0. The van der Waals surface area contributed by atoms with Crippen molar-refractivity contribution in [2.75, 3.05) is 14.2 Å². The maximum Gasteiger partial charge on any atom is 0.137 e. The highest BCUT2D eigenvalue weighted by molar-refractivity contribution is 6.32. The molecule has 0 fully saturated rings. The van der Waals surface area contributed by atoms with Crippen LogP contribution >= 0.6 is 11.6 Å². The fourth-order valence-electron chi connectivity index (χ4n) is 2.16. The third-order valence-electron chi connectivity index (χ3n) is 3.11. The third kappa shape index (κ3) is 2.11. The zero-order chi connectivity index (χ0) is 10.8. The zero-order valence-electron chi connectivity index (χ0n) is 9.14. The standard InChI is InChI=1S/C12H16ClNO/c1-14-10-4-3-8-6-11(13)12(15-2)7-9(8)5-10/h6-7,10,14H,3-5H2,1-2H3. The number of nitrogens with one attached hydrogen (secondary N) is 1. The van der Waals surface area contributed by atoms with Gasteiger partial charge in [0.25, 0.3) is 0 Å². The molecule has 1 aromatic carbocycles. The molecular formula is C12H16ClNO. The van der Waals surface area contributed by atoms with Crippen LogP contribution in [0.3, 0.4) is 0 Å². The lowest BCUT2D eigenvalue weighted by atomic mass is 9.88. The first-order chi connectivity index (χ1) is 7.24. The van der Waals surface area contributed by atoms with Crippen molar-refractivity contribution in [2.45, 2.75) is 25.3 Å². The second kappa shape index (κ2) is 4.42. The van der Waals surface area contributed by atoms with Gasteiger partial charge in [0.05, 0.1) is 12.1 Å². The molecule has 0 amide bonds. The van der Waals surface area contributed by atoms with Crippen LogP contribution in [0.4, 0.5) is 0 Å². The second-order valence-electron chi connectivity index (χ2n) is 3.98. The maximum atomic E-state index is 6.09. The molecule has 2 nitrogen and oxygen atoms in total. The summed E-state index contributed by atoms with van der Waals surface area (Å²) >= 11 is 6.09. The molecule has 3 heteroatoms. The Balaban J connectivity index is 2.33. The molecule has 0 saturated heterocycles. The van der Waals surface area contributed by atoms with Gasteiger partial charge in [-0.05, 0) is 49.6 Å². The van der Waals surface area contributed by atoms with Gasteiger partial charge in [-0.25, -0.2) is 0 Å². The molecule has 15 heavy (non-hydrogen) atoms. The quantitative estimate of drug-likeness (QED) is 0.835. The van der Waals surface area contributed by atoms with Gasteiger partial charge in [0.15, 0.2) is 0 Å². The maximum absolute atomic E-state index is 6.09. The second-order valence-corrected chi connectivity index (χ2v) is 4.39. The summed E-state index contributed by atoms with van der Waals surface area (Å²) in [5.74, 6) is 0.784. The fraction of sp³-hybridized carbons (Fsp3) is 0.500. The lowest BCUT2D eigenvalue weighted by Crippen LogP contribution is -2.31. The molecule has 0 radical (unpaired) electrons. The first-order valence-electron chi connectivity index (χ1n) is 5.27. The molecule has 2 rings (SSSR count). The van der Waals surface area contributed by atoms with Crippen LogP contribution in [0, 0.1) is 0 Å². The Kier molecular flexibility index (Phi) is 3.17. The highest BCUT2D eigenvalue weighted by Crippen LogP contribution is 2.32. The van der Waals surface area contributed by atoms with E-state index in [1.165, 1.54) is 17.5 Å². The number of hydrogen-bond donors (Lipinski definition) is 1. The number of rotatable bonds is 2. The van der Waals surface area contributed by atoms with Crippen molar-refractivity contribution in [1.82, 2.24) is 5.32 Å². The van der Waals surface area contributed by atoms with E-state index in [4.69, 9.17) is 16.3 Å². The minimum absolute atomic E-state index is 0.586. The van der Waals surface area contributed by atoms with Crippen molar-refractivity contribution >= 4 is 11.6 Å². The van der Waals surface area contributed by atoms with Crippen molar-refractivity contribution < 1.29 is 4.74 Å². The van der Waals surface area contributed by atoms with Gasteiger partial charge in [0.2, 0.25) is 0 Å². The van der Waals surface area contributed by atoms with E-state index in [0.29, 0.717) is 6.04 Å². The van der Waals surface area contributed by atoms with Crippen LogP contribution in [0.5, 0.6) is 5.75 Å². The minimum Gasteiger partial charge on any atom is -0.495 e. The summed E-state index contributed by atoms with van der Waals surface area (Å²) in [5.41, 5.74) is 2.73. The number of benzene rings is 1. The molecule has 0 aromatic heterocycles. The number of halogens is 1. The van der Waals surface area contributed by atoms with Crippen molar-refractivity contribution in [1.29, 1.82) is 0 Å². The van der Waals surface area contributed by atoms with Crippen molar-refractivity contribution in [2.24, 2.45) is 0 Å². The molecule has 82 valence electrons. The monoisotopic (exact) mass is 225 g/mol. The van der Waals surface area contributed by atoms with E-state index in [0.717, 1.165) is 23.6 Å². The summed E-state index contributed by atoms with van der Waals surface area (Å²) in [6, 6.07) is 4.70. The molecular weight excluding hydrogens is 210 g/mol. The number of hydrogen-bond acceptors (Lipinski definition) is 2. The van der Waals surface area contributed by atoms with E-state index < -0.39 is 0 Å². The van der Waals surface area contributed by atoms with Crippen LogP contribution in [-0.2, 0) is 12.8 Å². The number of likely N-dealkylation sites (N-methyl/N-ethyl adjacent to an activating group) is 1. The molecule has 1 N–H and O–H groups in total. The molecule has 1 aliphatic carbocycles. The predicted octanol–water partition coefficient (Wildman–Crippen LogP) is 2.43. The summed E-state index contributed by atoms with van der Waals surface area (Å²) in [7, 11) is 3.68. The fourth-order valence-corrected chi connectivity index (χ4v) is 2.42. The van der Waals surface area contributed by atoms with Crippen LogP contribution in [0.25, 0.3) is 0 Å². The Labute approximate surface area is 95.6 Å². The number of methoxy groups -OCH3 is 1. The Morgan fingerprint density at radius 1 is 1.40 bits per heavy atom. The van der Waals surface area contributed by atoms with Gasteiger partial charge in [0, 0.05) is 6.04 Å². The third-order valence-corrected chi connectivity index (χ3v) is 3.41. The van der Waals surface area contributed by atoms with Gasteiger partial charge >= 0.3 is 0 Å². The van der Waals surface area contributed by atoms with Crippen molar-refractivity contribution in [3.05, 3.63) is 28.3 Å². The first-order valence-corrected chi connectivity index (χ1v) is 5.65. The minimum atomic E-state index is 0.586. The van der Waals surface area contributed by atoms with Crippen LogP contribution in [0.1, 0.15) is 17.5 Å². The van der Waals surface area contributed by atoms with Gasteiger partial charge in [-0.1, -0.05) is 11.6 Å². The summed E-state index contributed by atoms with van der Waals surface area (Å²) in [6.45, 7) is 0. The molecule has 1 aromatic rings. The lowest BCUT2D eigenvalue weighted by molar-refractivity contribution is 0.412. The van der Waals surface area contributed by atoms with E-state index in [2.05, 4.69) is 11.4 Å². The van der Waals surface area contributed by atoms with Crippen LogP contribution in [0.15, 0.2) is 12.1 Å². The van der Waals surface area contributed by atoms with Gasteiger partial charge in [-0.15, -0.1) is 0 Å². The van der Waals surface area contributed by atoms with E-state index in [9.17, 15) is 0 Å². The van der Waals surface area contributed by atoms with E-state index in [1.807, 2.05) is 13.1 Å². The average Bonchev–Trinajstić information content (AvgIpc) is 2.27. The Morgan fingerprint density at radius 3 is 2.87 bits per heavy atom. The van der Waals surface area contributed by atoms with Crippen LogP contribution in [-0.4, -0.2) is 20.2 Å². The molecule has 0 spiro atoms. The van der Waals surface area contributed by atoms with Gasteiger partial charge in [-0.3, -0.25) is 0 Å². The zero-order valence-corrected chi connectivity index (χ0v) is 9.90. The van der Waals surface area contributed by atoms with E-state index in [1.54, 1.807) is 7.11 Å². The highest BCUT2D eigenvalue weighted by atomic mass is 35.5. The lowest BCUT2D eigenvalue weighted by Gasteiger charge is -2.25. The number of ether oxygens (including phenoxy) is 1. The normalized spacial score (nSPS) is 19.8. The molecule has 1 aliphatic rings. The van der Waals surface area contributed by atoms with E-state index >= 15 is 0 Å². The molecule has 0 bridgehead atoms. The van der Waals surface area contributed by atoms with Crippen LogP contribution in [0.2, 0.25) is 5.02 Å². The van der Waals surface area contributed by atoms with Gasteiger partial charge < -0.3 is 10.1 Å². The smallest absolute Gasteiger partial charge is 0.137 e. The number of aryl methyl sites for hydroxylation is 1. The number of fused-ring (bicyclic) bond motifs is 1. The molecule has 1 atom stereocenters. The SMILES string of the molecule is CNC1CCc2cc(Cl)c(OC)cc2C1.